The fraction of sp³-hybridized carbons (Fsp3) is 0.190. The first-order valence-electron chi connectivity index (χ1n) is 9.65. The Morgan fingerprint density at radius 2 is 1.62 bits per heavy atom. The van der Waals surface area contributed by atoms with Crippen LogP contribution in [0.25, 0.3) is 5.69 Å². The first-order chi connectivity index (χ1) is 15.4. The zero-order chi connectivity index (χ0) is 22.7. The lowest BCUT2D eigenvalue weighted by atomic mass is 10.2. The van der Waals surface area contributed by atoms with Crippen molar-refractivity contribution < 1.29 is 23.5 Å². The second kappa shape index (κ2) is 9.20. The van der Waals surface area contributed by atoms with Crippen molar-refractivity contribution in [2.45, 2.75) is 0 Å². The number of ether oxygens (including phenoxy) is 1. The molecule has 2 heterocycles. The number of primary amides is 1. The molecule has 0 aliphatic carbocycles. The highest BCUT2D eigenvalue weighted by Crippen LogP contribution is 2.13. The smallest absolute Gasteiger partial charge is 0.278 e. The summed E-state index contributed by atoms with van der Waals surface area (Å²) >= 11 is 0.994. The molecule has 4 rings (SSSR count). The van der Waals surface area contributed by atoms with Crippen molar-refractivity contribution in [3.63, 3.8) is 0 Å². The number of benzene rings is 2. The number of carbonyl (C=O) groups excluding carboxylic acids is 3. The summed E-state index contributed by atoms with van der Waals surface area (Å²) in [6, 6.07) is 11.3. The summed E-state index contributed by atoms with van der Waals surface area (Å²) in [5, 5.41) is 4.37. The molecule has 0 unspecified atom stereocenters. The number of carbonyl (C=O) groups is 3. The molecular weight excluding hydrogens is 437 g/mol. The minimum absolute atomic E-state index is 0.0198. The van der Waals surface area contributed by atoms with Crippen molar-refractivity contribution in [2.24, 2.45) is 10.7 Å². The average molecular weight is 455 g/mol. The van der Waals surface area contributed by atoms with Gasteiger partial charge in [-0.3, -0.25) is 14.4 Å². The van der Waals surface area contributed by atoms with Crippen molar-refractivity contribution >= 4 is 29.3 Å². The topological polar surface area (TPSA) is 120 Å². The average Bonchev–Trinajstić information content (AvgIpc) is 3.23. The van der Waals surface area contributed by atoms with Crippen molar-refractivity contribution in [1.29, 1.82) is 0 Å². The summed E-state index contributed by atoms with van der Waals surface area (Å²) < 4.78 is 20.0. The van der Waals surface area contributed by atoms with E-state index in [1.807, 2.05) is 0 Å². The Labute approximate surface area is 185 Å². The van der Waals surface area contributed by atoms with E-state index >= 15 is 0 Å². The lowest BCUT2D eigenvalue weighted by Gasteiger charge is -2.25. The Balaban J connectivity index is 1.75. The third-order valence-corrected chi connectivity index (χ3v) is 5.66. The molecule has 0 bridgehead atoms. The first-order valence-corrected chi connectivity index (χ1v) is 10.4. The molecule has 0 radical (unpaired) electrons. The molecular formula is C21H18FN5O4S. The summed E-state index contributed by atoms with van der Waals surface area (Å²) in [4.78, 5) is 42.7. The Kier molecular flexibility index (Phi) is 6.19. The van der Waals surface area contributed by atoms with Gasteiger partial charge in [-0.2, -0.15) is 9.06 Å². The highest BCUT2D eigenvalue weighted by atomic mass is 32.1. The van der Waals surface area contributed by atoms with E-state index < -0.39 is 17.6 Å². The van der Waals surface area contributed by atoms with Crippen LogP contribution in [0, 0.1) is 5.82 Å². The molecule has 1 aliphatic heterocycles. The Morgan fingerprint density at radius 1 is 1.00 bits per heavy atom. The normalized spacial score (nSPS) is 14.4. The number of morpholine rings is 1. The number of amides is 3. The van der Waals surface area contributed by atoms with Crippen LogP contribution in [0.4, 0.5) is 4.39 Å². The molecule has 164 valence electrons. The predicted molar refractivity (Wildman–Crippen MR) is 113 cm³/mol. The van der Waals surface area contributed by atoms with E-state index in [1.54, 1.807) is 17.0 Å². The van der Waals surface area contributed by atoms with E-state index in [4.69, 9.17) is 10.5 Å². The molecule has 0 spiro atoms. The number of nitrogens with two attached hydrogens (primary N) is 1. The van der Waals surface area contributed by atoms with Crippen LogP contribution in [-0.4, -0.2) is 58.1 Å². The van der Waals surface area contributed by atoms with E-state index in [0.29, 0.717) is 37.6 Å². The molecule has 1 aromatic heterocycles. The zero-order valence-electron chi connectivity index (χ0n) is 16.7. The summed E-state index contributed by atoms with van der Waals surface area (Å²) in [6.45, 7) is 1.61. The summed E-state index contributed by atoms with van der Waals surface area (Å²) in [5.74, 6) is -2.03. The fourth-order valence-corrected chi connectivity index (χ4v) is 3.87. The van der Waals surface area contributed by atoms with Gasteiger partial charge >= 0.3 is 0 Å². The van der Waals surface area contributed by atoms with Gasteiger partial charge in [-0.25, -0.2) is 4.39 Å². The van der Waals surface area contributed by atoms with Crippen LogP contribution in [0.3, 0.4) is 0 Å². The van der Waals surface area contributed by atoms with Crippen LogP contribution in [0.2, 0.25) is 0 Å². The van der Waals surface area contributed by atoms with Crippen molar-refractivity contribution in [2.75, 3.05) is 26.3 Å². The minimum Gasteiger partial charge on any atom is -0.378 e. The highest BCUT2D eigenvalue weighted by Gasteiger charge is 2.24. The maximum atomic E-state index is 13.2. The zero-order valence-corrected chi connectivity index (χ0v) is 17.5. The minimum atomic E-state index is -0.624. The second-order valence-corrected chi connectivity index (χ2v) is 7.77. The molecule has 3 amide bonds. The third-order valence-electron chi connectivity index (χ3n) is 4.73. The molecule has 11 heteroatoms. The van der Waals surface area contributed by atoms with Gasteiger partial charge in [0.15, 0.2) is 10.4 Å². The van der Waals surface area contributed by atoms with E-state index in [-0.39, 0.29) is 21.8 Å². The number of aromatic nitrogens is 2. The van der Waals surface area contributed by atoms with Crippen molar-refractivity contribution in [1.82, 2.24) is 14.1 Å². The van der Waals surface area contributed by atoms with Crippen LogP contribution < -0.4 is 10.4 Å². The second-order valence-electron chi connectivity index (χ2n) is 6.86. The van der Waals surface area contributed by atoms with Gasteiger partial charge in [0, 0.05) is 24.2 Å². The SMILES string of the molecule is NC(=O)c1ccc(-n2nc(C(=O)N3CCOCC3)c(=NC(=O)c3ccc(F)cc3)s2)cc1. The molecule has 0 atom stereocenters. The number of hydrogen-bond acceptors (Lipinski definition) is 6. The van der Waals surface area contributed by atoms with Crippen molar-refractivity contribution in [3.8, 4) is 5.69 Å². The van der Waals surface area contributed by atoms with E-state index in [1.165, 1.54) is 28.3 Å². The van der Waals surface area contributed by atoms with Crippen LogP contribution in [-0.2, 0) is 4.74 Å². The van der Waals surface area contributed by atoms with Gasteiger partial charge in [-0.05, 0) is 60.1 Å². The van der Waals surface area contributed by atoms with E-state index in [2.05, 4.69) is 10.1 Å². The molecule has 1 fully saturated rings. The predicted octanol–water partition coefficient (Wildman–Crippen LogP) is 1.39. The van der Waals surface area contributed by atoms with Gasteiger partial charge in [0.05, 0.1) is 18.9 Å². The van der Waals surface area contributed by atoms with Crippen LogP contribution >= 0.6 is 11.5 Å². The van der Waals surface area contributed by atoms with Gasteiger partial charge in [0.2, 0.25) is 5.91 Å². The lowest BCUT2D eigenvalue weighted by Crippen LogP contribution is -2.42. The van der Waals surface area contributed by atoms with Crippen LogP contribution in [0.5, 0.6) is 0 Å². The molecule has 32 heavy (non-hydrogen) atoms. The van der Waals surface area contributed by atoms with Crippen LogP contribution in [0.15, 0.2) is 53.5 Å². The number of rotatable bonds is 4. The monoisotopic (exact) mass is 455 g/mol. The van der Waals surface area contributed by atoms with Gasteiger partial charge in [0.1, 0.15) is 5.82 Å². The highest BCUT2D eigenvalue weighted by molar-refractivity contribution is 7.04. The molecule has 2 N–H and O–H groups in total. The molecule has 9 nitrogen and oxygen atoms in total. The molecule has 1 saturated heterocycles. The quantitative estimate of drug-likeness (QED) is 0.637. The van der Waals surface area contributed by atoms with Crippen molar-refractivity contribution in [3.05, 3.63) is 75.8 Å². The van der Waals surface area contributed by atoms with Gasteiger partial charge < -0.3 is 15.4 Å². The van der Waals surface area contributed by atoms with E-state index in [9.17, 15) is 18.8 Å². The summed E-state index contributed by atoms with van der Waals surface area (Å²) in [5.41, 5.74) is 6.37. The Bertz CT molecular complexity index is 1230. The van der Waals surface area contributed by atoms with Gasteiger partial charge in [0.25, 0.3) is 11.8 Å². The van der Waals surface area contributed by atoms with Gasteiger partial charge in [-0.15, -0.1) is 5.10 Å². The number of nitrogens with zero attached hydrogens (tertiary/aromatic N) is 4. The standard InChI is InChI=1S/C21H18FN5O4S/c22-15-5-1-14(2-6-15)19(29)24-20-17(21(30)26-9-11-31-12-10-26)25-27(32-20)16-7-3-13(4-8-16)18(23)28/h1-8H,9-12H2,(H2,23,28). The summed E-state index contributed by atoms with van der Waals surface area (Å²) in [6.07, 6.45) is 0. The first kappa shape index (κ1) is 21.5. The lowest BCUT2D eigenvalue weighted by molar-refractivity contribution is 0.0297. The third kappa shape index (κ3) is 4.63. The maximum absolute atomic E-state index is 13.2. The largest absolute Gasteiger partial charge is 0.378 e. The fourth-order valence-electron chi connectivity index (χ4n) is 3.02. The summed E-state index contributed by atoms with van der Waals surface area (Å²) in [7, 11) is 0. The maximum Gasteiger partial charge on any atom is 0.278 e. The van der Waals surface area contributed by atoms with Gasteiger partial charge in [-0.1, -0.05) is 0 Å². The molecule has 2 aromatic carbocycles. The Morgan fingerprint density at radius 3 is 2.25 bits per heavy atom. The van der Waals surface area contributed by atoms with Crippen LogP contribution in [0.1, 0.15) is 31.2 Å². The van der Waals surface area contributed by atoms with E-state index in [0.717, 1.165) is 23.7 Å². The number of hydrogen-bond donors (Lipinski definition) is 1. The Hall–Kier alpha value is -3.70. The molecule has 0 saturated carbocycles. The molecule has 1 aliphatic rings. The molecule has 3 aromatic rings. The number of halogens is 1.